The van der Waals surface area contributed by atoms with Gasteiger partial charge in [0.25, 0.3) is 0 Å². The van der Waals surface area contributed by atoms with Crippen LogP contribution in [0.2, 0.25) is 0 Å². The standard InChI is InChI=1S/C11H14F3N3O2S.ClH/c1-8-7-17(5-4-15-8)20(18,19)9-2-3-10(16-6-9)11(12,13)14;/h2-3,6,8,15H,4-5,7H2,1H3;1H. The largest absolute Gasteiger partial charge is 0.433 e. The molecule has 120 valence electrons. The maximum atomic E-state index is 12.4. The van der Waals surface area contributed by atoms with Crippen LogP contribution in [0.15, 0.2) is 23.2 Å². The molecule has 21 heavy (non-hydrogen) atoms. The van der Waals surface area contributed by atoms with Crippen molar-refractivity contribution in [2.45, 2.75) is 24.0 Å². The first-order valence-electron chi connectivity index (χ1n) is 5.98. The van der Waals surface area contributed by atoms with Gasteiger partial charge >= 0.3 is 6.18 Å². The second kappa shape index (κ2) is 6.47. The first-order chi connectivity index (χ1) is 9.21. The highest BCUT2D eigenvalue weighted by atomic mass is 35.5. The van der Waals surface area contributed by atoms with Gasteiger partial charge in [0.2, 0.25) is 10.0 Å². The molecule has 1 N–H and O–H groups in total. The summed E-state index contributed by atoms with van der Waals surface area (Å²) in [6.07, 6.45) is -3.82. The third-order valence-electron chi connectivity index (χ3n) is 3.00. The molecule has 5 nitrogen and oxygen atoms in total. The number of halogens is 4. The first-order valence-corrected chi connectivity index (χ1v) is 7.42. The molecule has 1 aromatic heterocycles. The monoisotopic (exact) mass is 345 g/mol. The van der Waals surface area contributed by atoms with Crippen molar-refractivity contribution in [1.29, 1.82) is 0 Å². The van der Waals surface area contributed by atoms with Gasteiger partial charge in [-0.05, 0) is 19.1 Å². The zero-order chi connectivity index (χ0) is 15.0. The Morgan fingerprint density at radius 1 is 1.38 bits per heavy atom. The molecule has 1 unspecified atom stereocenters. The summed E-state index contributed by atoms with van der Waals surface area (Å²) < 4.78 is 63.0. The van der Waals surface area contributed by atoms with Gasteiger partial charge in [0.15, 0.2) is 0 Å². The Balaban J connectivity index is 0.00000220. The molecule has 0 bridgehead atoms. The lowest BCUT2D eigenvalue weighted by Gasteiger charge is -2.30. The maximum Gasteiger partial charge on any atom is 0.433 e. The minimum absolute atomic E-state index is 0. The van der Waals surface area contributed by atoms with Crippen molar-refractivity contribution >= 4 is 22.4 Å². The molecule has 1 fully saturated rings. The minimum atomic E-state index is -4.58. The Morgan fingerprint density at radius 3 is 2.52 bits per heavy atom. The summed E-state index contributed by atoms with van der Waals surface area (Å²) in [5.74, 6) is 0. The van der Waals surface area contributed by atoms with Crippen molar-refractivity contribution in [3.8, 4) is 0 Å². The predicted molar refractivity (Wildman–Crippen MR) is 72.7 cm³/mol. The first kappa shape index (κ1) is 18.1. The highest BCUT2D eigenvalue weighted by Gasteiger charge is 2.34. The molecule has 2 rings (SSSR count). The zero-order valence-electron chi connectivity index (χ0n) is 11.1. The van der Waals surface area contributed by atoms with Gasteiger partial charge in [-0.3, -0.25) is 4.98 Å². The lowest BCUT2D eigenvalue weighted by molar-refractivity contribution is -0.141. The smallest absolute Gasteiger partial charge is 0.312 e. The number of pyridine rings is 1. The summed E-state index contributed by atoms with van der Waals surface area (Å²) in [6, 6.07) is 1.62. The molecule has 0 amide bonds. The van der Waals surface area contributed by atoms with Crippen molar-refractivity contribution in [1.82, 2.24) is 14.6 Å². The fourth-order valence-electron chi connectivity index (χ4n) is 1.96. The van der Waals surface area contributed by atoms with E-state index in [0.29, 0.717) is 12.6 Å². The third kappa shape index (κ3) is 4.06. The number of hydrogen-bond acceptors (Lipinski definition) is 4. The van der Waals surface area contributed by atoms with E-state index in [1.165, 1.54) is 4.31 Å². The fraction of sp³-hybridized carbons (Fsp3) is 0.545. The van der Waals surface area contributed by atoms with E-state index in [1.54, 1.807) is 0 Å². The molecule has 0 aliphatic carbocycles. The van der Waals surface area contributed by atoms with Crippen molar-refractivity contribution in [2.24, 2.45) is 0 Å². The number of piperazine rings is 1. The summed E-state index contributed by atoms with van der Waals surface area (Å²) in [6.45, 7) is 2.91. The molecule has 1 aromatic rings. The molecule has 1 atom stereocenters. The van der Waals surface area contributed by atoms with Gasteiger partial charge in [0, 0.05) is 31.9 Å². The van der Waals surface area contributed by atoms with E-state index in [-0.39, 0.29) is 36.4 Å². The summed E-state index contributed by atoms with van der Waals surface area (Å²) >= 11 is 0. The lowest BCUT2D eigenvalue weighted by atomic mass is 10.3. The number of alkyl halides is 3. The van der Waals surface area contributed by atoms with E-state index in [4.69, 9.17) is 0 Å². The molecule has 0 radical (unpaired) electrons. The quantitative estimate of drug-likeness (QED) is 0.882. The highest BCUT2D eigenvalue weighted by Crippen LogP contribution is 2.28. The topological polar surface area (TPSA) is 62.3 Å². The lowest BCUT2D eigenvalue weighted by Crippen LogP contribution is -2.51. The van der Waals surface area contributed by atoms with Crippen LogP contribution in [0.3, 0.4) is 0 Å². The van der Waals surface area contributed by atoms with Crippen LogP contribution in [0.5, 0.6) is 0 Å². The van der Waals surface area contributed by atoms with Crippen molar-refractivity contribution in [3.63, 3.8) is 0 Å². The van der Waals surface area contributed by atoms with E-state index >= 15 is 0 Å². The minimum Gasteiger partial charge on any atom is -0.312 e. The molecule has 10 heteroatoms. The van der Waals surface area contributed by atoms with Crippen LogP contribution in [-0.2, 0) is 16.2 Å². The van der Waals surface area contributed by atoms with E-state index in [2.05, 4.69) is 10.3 Å². The van der Waals surface area contributed by atoms with Crippen molar-refractivity contribution in [2.75, 3.05) is 19.6 Å². The molecule has 1 aliphatic rings. The normalized spacial score (nSPS) is 20.9. The van der Waals surface area contributed by atoms with Gasteiger partial charge in [-0.25, -0.2) is 8.42 Å². The Bertz CT molecular complexity index is 577. The maximum absolute atomic E-state index is 12.4. The van der Waals surface area contributed by atoms with E-state index in [1.807, 2.05) is 6.92 Å². The number of rotatable bonds is 2. The van der Waals surface area contributed by atoms with Crippen LogP contribution in [0.1, 0.15) is 12.6 Å². The van der Waals surface area contributed by atoms with Crippen molar-refractivity contribution in [3.05, 3.63) is 24.0 Å². The Hall–Kier alpha value is -0.900. The molecular weight excluding hydrogens is 331 g/mol. The number of sulfonamides is 1. The number of hydrogen-bond donors (Lipinski definition) is 1. The molecule has 1 aliphatic heterocycles. The van der Waals surface area contributed by atoms with Crippen LogP contribution in [0.25, 0.3) is 0 Å². The molecule has 0 saturated carbocycles. The predicted octanol–water partition coefficient (Wildman–Crippen LogP) is 1.50. The summed E-state index contributed by atoms with van der Waals surface area (Å²) in [5, 5.41) is 3.09. The third-order valence-corrected chi connectivity index (χ3v) is 4.84. The molecular formula is C11H15ClF3N3O2S. The molecule has 0 aromatic carbocycles. The van der Waals surface area contributed by atoms with Crippen LogP contribution in [0.4, 0.5) is 13.2 Å². The van der Waals surface area contributed by atoms with Gasteiger partial charge in [-0.1, -0.05) is 0 Å². The SMILES string of the molecule is CC1CN(S(=O)(=O)c2ccc(C(F)(F)F)nc2)CCN1.Cl. The number of nitrogens with one attached hydrogen (secondary N) is 1. The highest BCUT2D eigenvalue weighted by molar-refractivity contribution is 7.89. The second-order valence-electron chi connectivity index (χ2n) is 4.60. The van der Waals surface area contributed by atoms with E-state index < -0.39 is 21.9 Å². The van der Waals surface area contributed by atoms with Gasteiger partial charge in [0.1, 0.15) is 10.6 Å². The molecule has 1 saturated heterocycles. The Morgan fingerprint density at radius 2 is 2.05 bits per heavy atom. The second-order valence-corrected chi connectivity index (χ2v) is 6.53. The van der Waals surface area contributed by atoms with E-state index in [9.17, 15) is 21.6 Å². The summed E-state index contributed by atoms with van der Waals surface area (Å²) in [5.41, 5.74) is -1.11. The average molecular weight is 346 g/mol. The van der Waals surface area contributed by atoms with Crippen LogP contribution >= 0.6 is 12.4 Å². The zero-order valence-corrected chi connectivity index (χ0v) is 12.7. The van der Waals surface area contributed by atoms with Crippen LogP contribution in [0, 0.1) is 0 Å². The van der Waals surface area contributed by atoms with Crippen LogP contribution < -0.4 is 5.32 Å². The average Bonchev–Trinajstić information content (AvgIpc) is 2.38. The summed E-state index contributed by atoms with van der Waals surface area (Å²) in [7, 11) is -3.79. The van der Waals surface area contributed by atoms with E-state index in [0.717, 1.165) is 12.3 Å². The number of aromatic nitrogens is 1. The summed E-state index contributed by atoms with van der Waals surface area (Å²) in [4.78, 5) is 2.96. The molecule has 0 spiro atoms. The van der Waals surface area contributed by atoms with Gasteiger partial charge in [-0.15, -0.1) is 12.4 Å². The Labute approximate surface area is 127 Å². The van der Waals surface area contributed by atoms with Gasteiger partial charge < -0.3 is 5.32 Å². The Kier molecular flexibility index (Phi) is 5.59. The van der Waals surface area contributed by atoms with Crippen molar-refractivity contribution < 1.29 is 21.6 Å². The van der Waals surface area contributed by atoms with Gasteiger partial charge in [0.05, 0.1) is 0 Å². The molecule has 2 heterocycles. The fourth-order valence-corrected chi connectivity index (χ4v) is 3.44. The number of nitrogens with zero attached hydrogens (tertiary/aromatic N) is 2. The van der Waals surface area contributed by atoms with Crippen LogP contribution in [-0.4, -0.2) is 43.4 Å². The van der Waals surface area contributed by atoms with Gasteiger partial charge in [-0.2, -0.15) is 17.5 Å².